The largest absolute Gasteiger partial charge is 0.277 e. The molecular weight excluding hydrogens is 737 g/mol. The third-order valence-electron chi connectivity index (χ3n) is 11.4. The Hall–Kier alpha value is -7.47. The number of aromatic nitrogens is 1. The highest BCUT2D eigenvalue weighted by atomic mass is 32.1. The van der Waals surface area contributed by atoms with Gasteiger partial charge in [-0.1, -0.05) is 176 Å². The van der Waals surface area contributed by atoms with Crippen LogP contribution in [0.5, 0.6) is 0 Å². The zero-order valence-corrected chi connectivity index (χ0v) is 32.9. The standard InChI is InChI=1S/C54H36N4S/c1-55-53(38-21-9-4-10-22-38)57-54(56-34-35-16-5-2-6-17-35)58-47-31-30-40(36-18-7-3-8-19-36)33-46(47)48-43-24-13-14-25-44(43)52-49(50(48)58)45-27-15-26-42(51(45)59-52)41-29-28-37-20-11-12-23-39(37)32-41/h2-33H,1,34H2/b56-54?,57-53-. The van der Waals surface area contributed by atoms with E-state index in [1.165, 1.54) is 63.8 Å². The molecule has 0 aliphatic heterocycles. The van der Waals surface area contributed by atoms with Gasteiger partial charge in [0.1, 0.15) is 0 Å². The fourth-order valence-electron chi connectivity index (χ4n) is 8.62. The Kier molecular flexibility index (Phi) is 8.53. The number of benzene rings is 9. The second-order valence-electron chi connectivity index (χ2n) is 14.8. The maximum atomic E-state index is 5.38. The van der Waals surface area contributed by atoms with Gasteiger partial charge in [0.15, 0.2) is 5.84 Å². The summed E-state index contributed by atoms with van der Waals surface area (Å²) in [6, 6.07) is 68.9. The van der Waals surface area contributed by atoms with Crippen LogP contribution in [0.15, 0.2) is 209 Å². The first kappa shape index (κ1) is 34.8. The third-order valence-corrected chi connectivity index (χ3v) is 12.6. The van der Waals surface area contributed by atoms with E-state index in [2.05, 4.69) is 174 Å². The third kappa shape index (κ3) is 5.94. The van der Waals surface area contributed by atoms with E-state index >= 15 is 0 Å². The minimum atomic E-state index is 0.440. The summed E-state index contributed by atoms with van der Waals surface area (Å²) in [6.45, 7) is 4.44. The molecule has 0 atom stereocenters. The lowest BCUT2D eigenvalue weighted by Crippen LogP contribution is -2.13. The summed E-state index contributed by atoms with van der Waals surface area (Å²) < 4.78 is 4.78. The van der Waals surface area contributed by atoms with Gasteiger partial charge >= 0.3 is 0 Å². The maximum Gasteiger partial charge on any atom is 0.232 e. The molecule has 0 bridgehead atoms. The highest BCUT2D eigenvalue weighted by Gasteiger charge is 2.25. The minimum Gasteiger partial charge on any atom is -0.277 e. The molecule has 11 rings (SSSR count). The van der Waals surface area contributed by atoms with Crippen LogP contribution in [0, 0.1) is 0 Å². The number of thiophene rings is 1. The second kappa shape index (κ2) is 14.5. The van der Waals surface area contributed by atoms with E-state index in [4.69, 9.17) is 9.98 Å². The van der Waals surface area contributed by atoms with E-state index in [0.29, 0.717) is 18.3 Å². The molecule has 0 spiro atoms. The van der Waals surface area contributed by atoms with Gasteiger partial charge in [0.25, 0.3) is 0 Å². The summed E-state index contributed by atoms with van der Waals surface area (Å²) in [5, 5.41) is 9.59. The van der Waals surface area contributed by atoms with Crippen molar-refractivity contribution in [2.45, 2.75) is 6.54 Å². The van der Waals surface area contributed by atoms with Crippen molar-refractivity contribution in [3.05, 3.63) is 205 Å². The van der Waals surface area contributed by atoms with E-state index in [1.807, 2.05) is 47.7 Å². The molecule has 0 fully saturated rings. The van der Waals surface area contributed by atoms with Crippen molar-refractivity contribution < 1.29 is 0 Å². The molecule has 0 unspecified atom stereocenters. The molecule has 2 aromatic heterocycles. The Bertz CT molecular complexity index is 3470. The number of fused-ring (bicyclic) bond motifs is 11. The van der Waals surface area contributed by atoms with E-state index in [0.717, 1.165) is 33.1 Å². The SMILES string of the molecule is C=N/C(=N\C(=NCc1ccccc1)n1c2ccc(-c3ccccc3)cc2c2c3ccccc3c3sc4c(-c5ccc6ccccc6c5)cccc4c3c21)c1ccccc1. The quantitative estimate of drug-likeness (QED) is 0.124. The lowest BCUT2D eigenvalue weighted by atomic mass is 9.96. The van der Waals surface area contributed by atoms with E-state index in [1.54, 1.807) is 0 Å². The van der Waals surface area contributed by atoms with Crippen LogP contribution >= 0.6 is 11.3 Å². The fourth-order valence-corrected chi connectivity index (χ4v) is 10.00. The van der Waals surface area contributed by atoms with Crippen LogP contribution in [0.25, 0.3) is 85.8 Å². The number of rotatable bonds is 5. The van der Waals surface area contributed by atoms with Gasteiger partial charge in [-0.2, -0.15) is 4.99 Å². The number of amidine groups is 1. The molecule has 2 heterocycles. The van der Waals surface area contributed by atoms with E-state index in [9.17, 15) is 0 Å². The zero-order valence-electron chi connectivity index (χ0n) is 32.1. The van der Waals surface area contributed by atoms with Crippen LogP contribution in [0.3, 0.4) is 0 Å². The Morgan fingerprint density at radius 1 is 0.508 bits per heavy atom. The molecule has 9 aromatic carbocycles. The molecule has 0 saturated heterocycles. The molecule has 59 heavy (non-hydrogen) atoms. The van der Waals surface area contributed by atoms with Gasteiger partial charge in [0.2, 0.25) is 5.96 Å². The Morgan fingerprint density at radius 3 is 1.98 bits per heavy atom. The first-order chi connectivity index (χ1) is 29.2. The van der Waals surface area contributed by atoms with Crippen LogP contribution in [-0.2, 0) is 6.54 Å². The highest BCUT2D eigenvalue weighted by molar-refractivity contribution is 7.27. The summed E-state index contributed by atoms with van der Waals surface area (Å²) in [5.41, 5.74) is 8.81. The lowest BCUT2D eigenvalue weighted by molar-refractivity contribution is 1.03. The fraction of sp³-hybridized carbons (Fsp3) is 0.0185. The molecule has 0 radical (unpaired) electrons. The van der Waals surface area contributed by atoms with Gasteiger partial charge in [-0.15, -0.1) is 11.3 Å². The zero-order chi connectivity index (χ0) is 39.3. The summed E-state index contributed by atoms with van der Waals surface area (Å²) >= 11 is 1.87. The van der Waals surface area contributed by atoms with Crippen LogP contribution in [-0.4, -0.2) is 23.1 Å². The summed E-state index contributed by atoms with van der Waals surface area (Å²) in [6.07, 6.45) is 0. The molecule has 0 amide bonds. The van der Waals surface area contributed by atoms with Gasteiger partial charge < -0.3 is 0 Å². The topological polar surface area (TPSA) is 42.0 Å². The van der Waals surface area contributed by atoms with Crippen molar-refractivity contribution in [2.75, 3.05) is 0 Å². The molecule has 0 N–H and O–H groups in total. The first-order valence-electron chi connectivity index (χ1n) is 19.8. The summed E-state index contributed by atoms with van der Waals surface area (Å²) in [5.74, 6) is 1.06. The molecule has 0 aliphatic rings. The van der Waals surface area contributed by atoms with Crippen molar-refractivity contribution in [3.8, 4) is 22.3 Å². The van der Waals surface area contributed by atoms with Gasteiger partial charge in [-0.25, -0.2) is 9.98 Å². The monoisotopic (exact) mass is 772 g/mol. The number of hydrogen-bond donors (Lipinski definition) is 0. The molecule has 0 aliphatic carbocycles. The second-order valence-corrected chi connectivity index (χ2v) is 15.8. The van der Waals surface area contributed by atoms with Crippen molar-refractivity contribution in [2.24, 2.45) is 15.0 Å². The molecule has 0 saturated carbocycles. The predicted molar refractivity (Wildman–Crippen MR) is 254 cm³/mol. The van der Waals surface area contributed by atoms with Gasteiger partial charge in [0, 0.05) is 41.9 Å². The first-order valence-corrected chi connectivity index (χ1v) is 20.6. The Labute approximate surface area is 345 Å². The van der Waals surface area contributed by atoms with Gasteiger partial charge in [-0.3, -0.25) is 4.57 Å². The molecule has 5 heteroatoms. The number of aliphatic imine (C=N–C) groups is 3. The lowest BCUT2D eigenvalue weighted by Gasteiger charge is -2.12. The Balaban J connectivity index is 1.30. The average Bonchev–Trinajstić information content (AvgIpc) is 3.86. The normalized spacial score (nSPS) is 12.4. The van der Waals surface area contributed by atoms with Crippen LogP contribution in [0.1, 0.15) is 11.1 Å². The maximum absolute atomic E-state index is 5.38. The highest BCUT2D eigenvalue weighted by Crippen LogP contribution is 2.49. The minimum absolute atomic E-state index is 0.440. The molecule has 4 nitrogen and oxygen atoms in total. The van der Waals surface area contributed by atoms with E-state index in [-0.39, 0.29) is 0 Å². The van der Waals surface area contributed by atoms with Crippen molar-refractivity contribution in [1.29, 1.82) is 0 Å². The van der Waals surface area contributed by atoms with Crippen molar-refractivity contribution in [1.82, 2.24) is 4.57 Å². The summed E-state index contributed by atoms with van der Waals surface area (Å²) in [4.78, 5) is 15.2. The number of nitrogens with zero attached hydrogens (tertiary/aromatic N) is 4. The van der Waals surface area contributed by atoms with Gasteiger partial charge in [-0.05, 0) is 68.9 Å². The smallest absolute Gasteiger partial charge is 0.232 e. The molecule has 278 valence electrons. The molecule has 11 aromatic rings. The molecular formula is C54H36N4S. The average molecular weight is 773 g/mol. The Morgan fingerprint density at radius 2 is 1.19 bits per heavy atom. The number of hydrogen-bond acceptors (Lipinski definition) is 2. The van der Waals surface area contributed by atoms with E-state index < -0.39 is 0 Å². The van der Waals surface area contributed by atoms with Crippen molar-refractivity contribution in [3.63, 3.8) is 0 Å². The van der Waals surface area contributed by atoms with Crippen LogP contribution in [0.4, 0.5) is 0 Å². The van der Waals surface area contributed by atoms with Crippen LogP contribution in [0.2, 0.25) is 0 Å². The predicted octanol–water partition coefficient (Wildman–Crippen LogP) is 14.4. The van der Waals surface area contributed by atoms with Crippen LogP contribution < -0.4 is 0 Å². The van der Waals surface area contributed by atoms with Crippen molar-refractivity contribution >= 4 is 93.4 Å². The van der Waals surface area contributed by atoms with Gasteiger partial charge in [0.05, 0.1) is 17.6 Å². The summed E-state index contributed by atoms with van der Waals surface area (Å²) in [7, 11) is 0.